The fourth-order valence-corrected chi connectivity index (χ4v) is 2.15. The van der Waals surface area contributed by atoms with Crippen LogP contribution in [0.2, 0.25) is 0 Å². The maximum absolute atomic E-state index is 12.2. The van der Waals surface area contributed by atoms with Gasteiger partial charge in [0.05, 0.1) is 12.1 Å². The molecule has 0 saturated carbocycles. The van der Waals surface area contributed by atoms with Crippen LogP contribution in [0, 0.1) is 0 Å². The van der Waals surface area contributed by atoms with Crippen LogP contribution in [0.25, 0.3) is 0 Å². The van der Waals surface area contributed by atoms with Crippen molar-refractivity contribution in [2.45, 2.75) is 6.04 Å². The smallest absolute Gasteiger partial charge is 0.262 e. The number of nitrogens with zero attached hydrogens (tertiary/aromatic N) is 1. The summed E-state index contributed by atoms with van der Waals surface area (Å²) in [4.78, 5) is 47.9. The van der Waals surface area contributed by atoms with E-state index in [9.17, 15) is 19.2 Å². The molecule has 1 aromatic carbocycles. The lowest BCUT2D eigenvalue weighted by Crippen LogP contribution is -2.56. The summed E-state index contributed by atoms with van der Waals surface area (Å²) in [6.07, 6.45) is 0. The van der Waals surface area contributed by atoms with Gasteiger partial charge in [-0.15, -0.1) is 0 Å². The zero-order valence-corrected chi connectivity index (χ0v) is 10.4. The van der Waals surface area contributed by atoms with E-state index in [1.807, 2.05) is 0 Å². The number of halogens is 1. The molecule has 0 aliphatic carbocycles. The van der Waals surface area contributed by atoms with Crippen LogP contribution >= 0.6 is 11.6 Å². The molecule has 19 heavy (non-hydrogen) atoms. The second-order valence-corrected chi connectivity index (χ2v) is 4.26. The van der Waals surface area contributed by atoms with Crippen LogP contribution in [0.15, 0.2) is 24.3 Å². The van der Waals surface area contributed by atoms with Gasteiger partial charge in [0.1, 0.15) is 0 Å². The first kappa shape index (κ1) is 13.4. The first-order chi connectivity index (χ1) is 8.99. The van der Waals surface area contributed by atoms with E-state index in [-0.39, 0.29) is 11.1 Å². The van der Waals surface area contributed by atoms with Gasteiger partial charge in [0.25, 0.3) is 11.1 Å². The van der Waals surface area contributed by atoms with Gasteiger partial charge in [0.15, 0.2) is 11.8 Å². The summed E-state index contributed by atoms with van der Waals surface area (Å²) in [5, 5.41) is -1.09. The Hall–Kier alpha value is -2.05. The second kappa shape index (κ2) is 4.91. The van der Waals surface area contributed by atoms with Gasteiger partial charge in [-0.1, -0.05) is 18.2 Å². The van der Waals surface area contributed by atoms with Crippen molar-refractivity contribution in [2.75, 3.05) is 6.54 Å². The van der Waals surface area contributed by atoms with Gasteiger partial charge in [-0.05, 0) is 17.7 Å². The lowest BCUT2D eigenvalue weighted by atomic mass is 9.92. The molecule has 1 aromatic rings. The second-order valence-electron chi connectivity index (χ2n) is 3.89. The number of nitrogens with two attached hydrogens (primary N) is 1. The number of hydrogen-bond donors (Lipinski definition) is 1. The van der Waals surface area contributed by atoms with Crippen LogP contribution in [0.4, 0.5) is 0 Å². The highest BCUT2D eigenvalue weighted by molar-refractivity contribution is 6.67. The monoisotopic (exact) mass is 280 g/mol. The quantitative estimate of drug-likeness (QED) is 0.605. The molecular formula is C12H9ClN2O4. The molecule has 0 saturated heterocycles. The molecule has 0 bridgehead atoms. The normalized spacial score (nSPS) is 18.2. The Labute approximate surface area is 113 Å². The first-order valence-corrected chi connectivity index (χ1v) is 5.76. The maximum atomic E-state index is 12.2. The first-order valence-electron chi connectivity index (χ1n) is 5.38. The van der Waals surface area contributed by atoms with Crippen LogP contribution in [0.5, 0.6) is 0 Å². The van der Waals surface area contributed by atoms with Crippen molar-refractivity contribution < 1.29 is 19.2 Å². The van der Waals surface area contributed by atoms with Gasteiger partial charge >= 0.3 is 0 Å². The van der Waals surface area contributed by atoms with Crippen LogP contribution < -0.4 is 5.73 Å². The molecule has 1 aliphatic rings. The third-order valence-electron chi connectivity index (χ3n) is 2.81. The molecule has 1 heterocycles. The SMILES string of the molecule is NCC(=O)N1C(=O)c2ccccc2C(=O)[C@H]1C(=O)Cl. The highest BCUT2D eigenvalue weighted by Crippen LogP contribution is 2.24. The summed E-state index contributed by atoms with van der Waals surface area (Å²) in [5.41, 5.74) is 5.32. The third kappa shape index (κ3) is 2.05. The van der Waals surface area contributed by atoms with E-state index in [4.69, 9.17) is 17.3 Å². The van der Waals surface area contributed by atoms with Crippen LogP contribution in [-0.2, 0) is 9.59 Å². The van der Waals surface area contributed by atoms with E-state index in [2.05, 4.69) is 0 Å². The van der Waals surface area contributed by atoms with Crippen molar-refractivity contribution in [3.05, 3.63) is 35.4 Å². The Balaban J connectivity index is 2.63. The number of hydrogen-bond acceptors (Lipinski definition) is 5. The van der Waals surface area contributed by atoms with Crippen molar-refractivity contribution >= 4 is 34.4 Å². The van der Waals surface area contributed by atoms with E-state index in [0.29, 0.717) is 4.90 Å². The Bertz CT molecular complexity index is 599. The molecule has 0 fully saturated rings. The van der Waals surface area contributed by atoms with E-state index < -0.39 is 35.4 Å². The zero-order chi connectivity index (χ0) is 14.2. The van der Waals surface area contributed by atoms with Crippen molar-refractivity contribution in [3.63, 3.8) is 0 Å². The van der Waals surface area contributed by atoms with Crippen molar-refractivity contribution in [1.29, 1.82) is 0 Å². The number of amides is 2. The molecule has 6 nitrogen and oxygen atoms in total. The van der Waals surface area contributed by atoms with Gasteiger partial charge in [-0.25, -0.2) is 0 Å². The van der Waals surface area contributed by atoms with Gasteiger partial charge in [-0.3, -0.25) is 24.1 Å². The summed E-state index contributed by atoms with van der Waals surface area (Å²) < 4.78 is 0. The Morgan fingerprint density at radius 2 is 1.79 bits per heavy atom. The fraction of sp³-hybridized carbons (Fsp3) is 0.167. The number of ketones is 1. The number of rotatable bonds is 2. The largest absolute Gasteiger partial charge is 0.322 e. The maximum Gasteiger partial charge on any atom is 0.262 e. The highest BCUT2D eigenvalue weighted by Gasteiger charge is 2.44. The molecule has 7 heteroatoms. The topological polar surface area (TPSA) is 97.5 Å². The molecule has 1 aliphatic heterocycles. The number of carbonyl (C=O) groups is 4. The minimum absolute atomic E-state index is 0.0588. The average molecular weight is 281 g/mol. The van der Waals surface area contributed by atoms with Crippen LogP contribution in [0.1, 0.15) is 20.7 Å². The van der Waals surface area contributed by atoms with Crippen molar-refractivity contribution in [3.8, 4) is 0 Å². The molecule has 0 unspecified atom stereocenters. The third-order valence-corrected chi connectivity index (χ3v) is 3.01. The molecular weight excluding hydrogens is 272 g/mol. The van der Waals surface area contributed by atoms with Crippen molar-refractivity contribution in [1.82, 2.24) is 4.90 Å². The average Bonchev–Trinajstić information content (AvgIpc) is 2.41. The van der Waals surface area contributed by atoms with Gasteiger partial charge in [0.2, 0.25) is 5.91 Å². The van der Waals surface area contributed by atoms with Gasteiger partial charge in [-0.2, -0.15) is 0 Å². The summed E-state index contributed by atoms with van der Waals surface area (Å²) in [6.45, 7) is -0.498. The molecule has 2 rings (SSSR count). The number of Topliss-reactive ketones (excluding diaryl/α,β-unsaturated/α-hetero) is 1. The molecule has 0 radical (unpaired) electrons. The number of benzene rings is 1. The van der Waals surface area contributed by atoms with E-state index in [1.165, 1.54) is 12.1 Å². The number of carbonyl (C=O) groups excluding carboxylic acids is 4. The van der Waals surface area contributed by atoms with Crippen LogP contribution in [-0.4, -0.2) is 40.3 Å². The Morgan fingerprint density at radius 3 is 2.32 bits per heavy atom. The summed E-state index contributed by atoms with van der Waals surface area (Å²) >= 11 is 5.33. The molecule has 0 aromatic heterocycles. The molecule has 98 valence electrons. The predicted octanol–water partition coefficient (Wildman–Crippen LogP) is -0.0556. The zero-order valence-electron chi connectivity index (χ0n) is 9.63. The van der Waals surface area contributed by atoms with Gasteiger partial charge < -0.3 is 5.73 Å². The van der Waals surface area contributed by atoms with E-state index in [1.54, 1.807) is 12.1 Å². The summed E-state index contributed by atoms with van der Waals surface area (Å²) in [5.74, 6) is -2.26. The van der Waals surface area contributed by atoms with E-state index in [0.717, 1.165) is 0 Å². The van der Waals surface area contributed by atoms with Crippen LogP contribution in [0.3, 0.4) is 0 Å². The minimum atomic E-state index is -1.64. The van der Waals surface area contributed by atoms with Crippen molar-refractivity contribution in [2.24, 2.45) is 5.73 Å². The molecule has 1 atom stereocenters. The molecule has 2 amide bonds. The number of imide groups is 1. The molecule has 0 spiro atoms. The standard InChI is InChI=1S/C12H9ClN2O4/c13-11(18)9-10(17)6-3-1-2-4-7(6)12(19)15(9)8(16)5-14/h1-4,9H,5,14H2/t9-/m0/s1. The Kier molecular flexibility index (Phi) is 3.46. The fourth-order valence-electron chi connectivity index (χ4n) is 1.96. The summed E-state index contributed by atoms with van der Waals surface area (Å²) in [7, 11) is 0. The minimum Gasteiger partial charge on any atom is -0.322 e. The predicted molar refractivity (Wildman–Crippen MR) is 65.7 cm³/mol. The van der Waals surface area contributed by atoms with E-state index >= 15 is 0 Å². The Morgan fingerprint density at radius 1 is 1.21 bits per heavy atom. The summed E-state index contributed by atoms with van der Waals surface area (Å²) in [6, 6.07) is 4.28. The lowest BCUT2D eigenvalue weighted by molar-refractivity contribution is -0.132. The van der Waals surface area contributed by atoms with Gasteiger partial charge in [0, 0.05) is 5.56 Å². The lowest BCUT2D eigenvalue weighted by Gasteiger charge is -2.31. The molecule has 2 N–H and O–H groups in total. The number of fused-ring (bicyclic) bond motifs is 1. The highest BCUT2D eigenvalue weighted by atomic mass is 35.5.